The number of methoxy groups -OCH3 is 1. The molecule has 1 aromatic carbocycles. The van der Waals surface area contributed by atoms with Crippen molar-refractivity contribution in [3.05, 3.63) is 29.8 Å². The second-order valence-electron chi connectivity index (χ2n) is 6.26. The summed E-state index contributed by atoms with van der Waals surface area (Å²) in [6.07, 6.45) is 3.42. The summed E-state index contributed by atoms with van der Waals surface area (Å²) in [6, 6.07) is 7.13. The molecule has 1 fully saturated rings. The molecular weight excluding hydrogens is 294 g/mol. The number of rotatable bonds is 6. The number of carboxylic acids is 1. The second kappa shape index (κ2) is 7.99. The molecule has 0 radical (unpaired) electrons. The summed E-state index contributed by atoms with van der Waals surface area (Å²) in [4.78, 5) is 25.4. The molecule has 5 nitrogen and oxygen atoms in total. The maximum atomic E-state index is 12.5. The number of hydrogen-bond acceptors (Lipinski definition) is 3. The standard InChI is InChI=1S/C18H25NO4/c1-13(11-14-7-3-4-9-16(14)23-2)12-17(20)19-10-6-5-8-15(19)18(21)22/h3-4,7,9,13,15H,5-6,8,10-12H2,1-2H3,(H,21,22). The van der Waals surface area contributed by atoms with Crippen molar-refractivity contribution < 1.29 is 19.4 Å². The molecule has 1 saturated heterocycles. The molecule has 5 heteroatoms. The molecule has 1 aliphatic rings. The van der Waals surface area contributed by atoms with Crippen molar-refractivity contribution in [1.82, 2.24) is 4.90 Å². The van der Waals surface area contributed by atoms with Crippen molar-refractivity contribution in [2.24, 2.45) is 5.92 Å². The van der Waals surface area contributed by atoms with Crippen LogP contribution in [0.3, 0.4) is 0 Å². The first-order valence-corrected chi connectivity index (χ1v) is 8.17. The summed E-state index contributed by atoms with van der Waals surface area (Å²) >= 11 is 0. The summed E-state index contributed by atoms with van der Waals surface area (Å²) in [5.41, 5.74) is 1.07. The van der Waals surface area contributed by atoms with E-state index in [1.54, 1.807) is 12.0 Å². The largest absolute Gasteiger partial charge is 0.496 e. The first-order chi connectivity index (χ1) is 11.0. The predicted octanol–water partition coefficient (Wildman–Crippen LogP) is 2.73. The third kappa shape index (κ3) is 4.47. The number of benzene rings is 1. The van der Waals surface area contributed by atoms with Gasteiger partial charge < -0.3 is 14.7 Å². The molecule has 1 N–H and O–H groups in total. The average molecular weight is 319 g/mol. The SMILES string of the molecule is COc1ccccc1CC(C)CC(=O)N1CCCCC1C(=O)O. The highest BCUT2D eigenvalue weighted by Crippen LogP contribution is 2.24. The number of carbonyl (C=O) groups is 2. The van der Waals surface area contributed by atoms with Crippen LogP contribution in [-0.2, 0) is 16.0 Å². The zero-order valence-corrected chi connectivity index (χ0v) is 13.8. The zero-order valence-electron chi connectivity index (χ0n) is 13.8. The highest BCUT2D eigenvalue weighted by molar-refractivity contribution is 5.84. The van der Waals surface area contributed by atoms with Crippen LogP contribution in [0, 0.1) is 5.92 Å². The lowest BCUT2D eigenvalue weighted by atomic mass is 9.95. The number of nitrogens with zero attached hydrogens (tertiary/aromatic N) is 1. The number of carboxylic acid groups (broad SMARTS) is 1. The monoisotopic (exact) mass is 319 g/mol. The van der Waals surface area contributed by atoms with Crippen LogP contribution in [0.25, 0.3) is 0 Å². The number of ether oxygens (including phenoxy) is 1. The molecule has 0 saturated carbocycles. The van der Waals surface area contributed by atoms with Gasteiger partial charge in [-0.2, -0.15) is 0 Å². The maximum Gasteiger partial charge on any atom is 0.326 e. The van der Waals surface area contributed by atoms with Crippen LogP contribution in [0.2, 0.25) is 0 Å². The first kappa shape index (κ1) is 17.3. The molecule has 126 valence electrons. The Morgan fingerprint density at radius 1 is 1.35 bits per heavy atom. The molecule has 0 bridgehead atoms. The van der Waals surface area contributed by atoms with Crippen molar-refractivity contribution in [2.75, 3.05) is 13.7 Å². The number of piperidine rings is 1. The van der Waals surface area contributed by atoms with Gasteiger partial charge in [-0.3, -0.25) is 4.79 Å². The normalized spacial score (nSPS) is 19.2. The van der Waals surface area contributed by atoms with Crippen molar-refractivity contribution in [3.8, 4) is 5.75 Å². The molecule has 1 heterocycles. The Bertz CT molecular complexity index is 558. The molecule has 2 atom stereocenters. The maximum absolute atomic E-state index is 12.5. The van der Waals surface area contributed by atoms with Gasteiger partial charge in [-0.05, 0) is 43.2 Å². The van der Waals surface area contributed by atoms with Crippen molar-refractivity contribution in [3.63, 3.8) is 0 Å². The minimum Gasteiger partial charge on any atom is -0.496 e. The van der Waals surface area contributed by atoms with E-state index >= 15 is 0 Å². The van der Waals surface area contributed by atoms with Gasteiger partial charge in [0, 0.05) is 13.0 Å². The number of hydrogen-bond donors (Lipinski definition) is 1. The van der Waals surface area contributed by atoms with E-state index in [9.17, 15) is 14.7 Å². The Labute approximate surface area is 137 Å². The number of aliphatic carboxylic acids is 1. The van der Waals surface area contributed by atoms with Crippen LogP contribution >= 0.6 is 0 Å². The molecule has 0 spiro atoms. The van der Waals surface area contributed by atoms with E-state index in [0.29, 0.717) is 19.4 Å². The van der Waals surface area contributed by atoms with Crippen molar-refractivity contribution in [2.45, 2.75) is 45.1 Å². The minimum absolute atomic E-state index is 0.0560. The van der Waals surface area contributed by atoms with Crippen LogP contribution in [0.4, 0.5) is 0 Å². The van der Waals surface area contributed by atoms with E-state index < -0.39 is 12.0 Å². The third-order valence-electron chi connectivity index (χ3n) is 4.39. The van der Waals surface area contributed by atoms with Crippen LogP contribution in [-0.4, -0.2) is 41.6 Å². The van der Waals surface area contributed by atoms with Crippen molar-refractivity contribution >= 4 is 11.9 Å². The van der Waals surface area contributed by atoms with Crippen LogP contribution in [0.1, 0.15) is 38.2 Å². The van der Waals surface area contributed by atoms with Gasteiger partial charge in [0.15, 0.2) is 0 Å². The van der Waals surface area contributed by atoms with Crippen LogP contribution in [0.5, 0.6) is 5.75 Å². The number of likely N-dealkylation sites (tertiary alicyclic amines) is 1. The van der Waals surface area contributed by atoms with Crippen LogP contribution < -0.4 is 4.74 Å². The second-order valence-corrected chi connectivity index (χ2v) is 6.26. The van der Waals surface area contributed by atoms with E-state index in [0.717, 1.165) is 30.6 Å². The molecule has 1 aromatic rings. The van der Waals surface area contributed by atoms with Gasteiger partial charge in [-0.15, -0.1) is 0 Å². The van der Waals surface area contributed by atoms with E-state index in [1.165, 1.54) is 0 Å². The highest BCUT2D eigenvalue weighted by atomic mass is 16.5. The van der Waals surface area contributed by atoms with Gasteiger partial charge in [0.2, 0.25) is 5.91 Å². The van der Waals surface area contributed by atoms with E-state index in [-0.39, 0.29) is 11.8 Å². The van der Waals surface area contributed by atoms with Gasteiger partial charge in [-0.1, -0.05) is 25.1 Å². The van der Waals surface area contributed by atoms with Gasteiger partial charge in [0.05, 0.1) is 7.11 Å². The fraction of sp³-hybridized carbons (Fsp3) is 0.556. The number of carbonyl (C=O) groups excluding carboxylic acids is 1. The van der Waals surface area contributed by atoms with Gasteiger partial charge in [0.1, 0.15) is 11.8 Å². The summed E-state index contributed by atoms with van der Waals surface area (Å²) in [6.45, 7) is 2.57. The molecule has 2 unspecified atom stereocenters. The lowest BCUT2D eigenvalue weighted by molar-refractivity contribution is -0.152. The molecule has 0 aromatic heterocycles. The molecule has 1 aliphatic heterocycles. The predicted molar refractivity (Wildman–Crippen MR) is 87.5 cm³/mol. The van der Waals surface area contributed by atoms with E-state index in [1.807, 2.05) is 31.2 Å². The lowest BCUT2D eigenvalue weighted by Crippen LogP contribution is -2.48. The fourth-order valence-corrected chi connectivity index (χ4v) is 3.22. The molecular formula is C18H25NO4. The number of para-hydroxylation sites is 1. The van der Waals surface area contributed by atoms with Crippen LogP contribution in [0.15, 0.2) is 24.3 Å². The molecule has 1 amide bonds. The summed E-state index contributed by atoms with van der Waals surface area (Å²) in [5, 5.41) is 9.28. The zero-order chi connectivity index (χ0) is 16.8. The summed E-state index contributed by atoms with van der Waals surface area (Å²) < 4.78 is 5.34. The Hall–Kier alpha value is -2.04. The third-order valence-corrected chi connectivity index (χ3v) is 4.39. The quantitative estimate of drug-likeness (QED) is 0.875. The Balaban J connectivity index is 1.97. The summed E-state index contributed by atoms with van der Waals surface area (Å²) in [7, 11) is 1.64. The minimum atomic E-state index is -0.893. The number of amides is 1. The summed E-state index contributed by atoms with van der Waals surface area (Å²) in [5.74, 6) is 0.0123. The van der Waals surface area contributed by atoms with Gasteiger partial charge >= 0.3 is 5.97 Å². The fourth-order valence-electron chi connectivity index (χ4n) is 3.22. The molecule has 23 heavy (non-hydrogen) atoms. The first-order valence-electron chi connectivity index (χ1n) is 8.17. The highest BCUT2D eigenvalue weighted by Gasteiger charge is 2.32. The Kier molecular flexibility index (Phi) is 6.02. The van der Waals surface area contributed by atoms with Crippen molar-refractivity contribution in [1.29, 1.82) is 0 Å². The topological polar surface area (TPSA) is 66.8 Å². The Morgan fingerprint density at radius 3 is 2.78 bits per heavy atom. The lowest BCUT2D eigenvalue weighted by Gasteiger charge is -2.33. The smallest absolute Gasteiger partial charge is 0.326 e. The average Bonchev–Trinajstić information content (AvgIpc) is 2.55. The Morgan fingerprint density at radius 2 is 2.09 bits per heavy atom. The van der Waals surface area contributed by atoms with E-state index in [2.05, 4.69) is 0 Å². The van der Waals surface area contributed by atoms with Gasteiger partial charge in [0.25, 0.3) is 0 Å². The van der Waals surface area contributed by atoms with E-state index in [4.69, 9.17) is 4.74 Å². The van der Waals surface area contributed by atoms with Gasteiger partial charge in [-0.25, -0.2) is 4.79 Å². The molecule has 0 aliphatic carbocycles. The molecule has 2 rings (SSSR count).